The van der Waals surface area contributed by atoms with Crippen LogP contribution in [0, 0.1) is 0 Å². The molecule has 6 aromatic carbocycles. The van der Waals surface area contributed by atoms with Gasteiger partial charge in [0.25, 0.3) is 0 Å². The first-order valence-corrected chi connectivity index (χ1v) is 13.8. The molecule has 0 fully saturated rings. The lowest BCUT2D eigenvalue weighted by molar-refractivity contribution is 0.894. The highest BCUT2D eigenvalue weighted by atomic mass is 32.2. The van der Waals surface area contributed by atoms with E-state index in [9.17, 15) is 0 Å². The quantitative estimate of drug-likeness (QED) is 0.154. The van der Waals surface area contributed by atoms with E-state index in [1.807, 2.05) is 11.8 Å². The van der Waals surface area contributed by atoms with Crippen molar-refractivity contribution in [3.8, 4) is 22.3 Å². The van der Waals surface area contributed by atoms with Gasteiger partial charge in [-0.15, -0.1) is 11.8 Å². The molecule has 6 aromatic rings. The molecular weight excluding hydrogens is 476 g/mol. The molecule has 0 aromatic heterocycles. The molecule has 0 unspecified atom stereocenters. The summed E-state index contributed by atoms with van der Waals surface area (Å²) in [6.45, 7) is 0. The highest BCUT2D eigenvalue weighted by molar-refractivity contribution is 8.00. The molecule has 0 amide bonds. The summed E-state index contributed by atoms with van der Waals surface area (Å²) in [4.78, 5) is 1.22. The standard InChI is InChI=1S/C37H28S/c1-6-16-29(17-7-1)31-26-32(30-18-8-2-9-19-30)28-36(27-31)38-37(33-20-10-3-11-21-33,34-22-12-4-13-23-34)35-24-14-5-15-25-35/h1-28H. The SMILES string of the molecule is c1ccc(-c2cc(SC(c3ccccc3)(c3ccccc3)c3ccccc3)cc(-c3ccccc3)c2)cc1. The van der Waals surface area contributed by atoms with Crippen molar-refractivity contribution in [2.45, 2.75) is 9.64 Å². The van der Waals surface area contributed by atoms with Crippen LogP contribution in [-0.4, -0.2) is 0 Å². The second-order valence-electron chi connectivity index (χ2n) is 9.36. The Morgan fingerprint density at radius 1 is 0.316 bits per heavy atom. The highest BCUT2D eigenvalue weighted by Gasteiger charge is 2.37. The molecule has 0 radical (unpaired) electrons. The van der Waals surface area contributed by atoms with Gasteiger partial charge < -0.3 is 0 Å². The minimum absolute atomic E-state index is 0.424. The summed E-state index contributed by atoms with van der Waals surface area (Å²) < 4.78 is -0.424. The Hall–Kier alpha value is -4.33. The van der Waals surface area contributed by atoms with E-state index < -0.39 is 4.75 Å². The van der Waals surface area contributed by atoms with Crippen LogP contribution in [0.25, 0.3) is 22.3 Å². The Bertz CT molecular complexity index is 1440. The highest BCUT2D eigenvalue weighted by Crippen LogP contribution is 2.52. The Labute approximate surface area is 229 Å². The zero-order valence-corrected chi connectivity index (χ0v) is 21.9. The van der Waals surface area contributed by atoms with Crippen LogP contribution in [0.15, 0.2) is 175 Å². The van der Waals surface area contributed by atoms with Gasteiger partial charge in [0, 0.05) is 4.90 Å². The average Bonchev–Trinajstić information content (AvgIpc) is 3.02. The largest absolute Gasteiger partial charge is 0.105 e. The van der Waals surface area contributed by atoms with E-state index >= 15 is 0 Å². The molecule has 0 bridgehead atoms. The second-order valence-corrected chi connectivity index (χ2v) is 10.6. The lowest BCUT2D eigenvalue weighted by Crippen LogP contribution is -2.25. The van der Waals surface area contributed by atoms with Crippen molar-refractivity contribution in [2.24, 2.45) is 0 Å². The summed E-state index contributed by atoms with van der Waals surface area (Å²) in [6.07, 6.45) is 0. The number of benzene rings is 6. The van der Waals surface area contributed by atoms with Crippen LogP contribution < -0.4 is 0 Å². The Balaban J connectivity index is 1.60. The molecule has 0 saturated heterocycles. The van der Waals surface area contributed by atoms with E-state index in [0.717, 1.165) is 0 Å². The molecule has 0 saturated carbocycles. The maximum atomic E-state index is 2.34. The van der Waals surface area contributed by atoms with Gasteiger partial charge in [-0.05, 0) is 57.1 Å². The predicted octanol–water partition coefficient (Wildman–Crippen LogP) is 10.1. The van der Waals surface area contributed by atoms with Crippen molar-refractivity contribution in [1.29, 1.82) is 0 Å². The van der Waals surface area contributed by atoms with Gasteiger partial charge in [0.1, 0.15) is 0 Å². The maximum Gasteiger partial charge on any atom is 0.0954 e. The van der Waals surface area contributed by atoms with Crippen LogP contribution >= 0.6 is 11.8 Å². The predicted molar refractivity (Wildman–Crippen MR) is 162 cm³/mol. The average molecular weight is 505 g/mol. The van der Waals surface area contributed by atoms with E-state index in [2.05, 4.69) is 170 Å². The molecule has 0 atom stereocenters. The first kappa shape index (κ1) is 24.0. The first-order valence-electron chi connectivity index (χ1n) is 12.9. The van der Waals surface area contributed by atoms with Crippen molar-refractivity contribution in [2.75, 3.05) is 0 Å². The van der Waals surface area contributed by atoms with Crippen LogP contribution in [0.4, 0.5) is 0 Å². The molecule has 0 nitrogen and oxygen atoms in total. The molecule has 0 spiro atoms. The fourth-order valence-electron chi connectivity index (χ4n) is 5.12. The Kier molecular flexibility index (Phi) is 6.93. The summed E-state index contributed by atoms with van der Waals surface area (Å²) in [5, 5.41) is 0. The van der Waals surface area contributed by atoms with Crippen LogP contribution in [0.3, 0.4) is 0 Å². The van der Waals surface area contributed by atoms with E-state index in [-0.39, 0.29) is 0 Å². The fourth-order valence-corrected chi connectivity index (χ4v) is 6.61. The zero-order valence-electron chi connectivity index (χ0n) is 21.1. The van der Waals surface area contributed by atoms with Crippen molar-refractivity contribution >= 4 is 11.8 Å². The third-order valence-electron chi connectivity index (χ3n) is 6.93. The van der Waals surface area contributed by atoms with E-state index in [0.29, 0.717) is 0 Å². The summed E-state index contributed by atoms with van der Waals surface area (Å²) >= 11 is 1.91. The summed E-state index contributed by atoms with van der Waals surface area (Å²) in [5.74, 6) is 0. The lowest BCUT2D eigenvalue weighted by Gasteiger charge is -2.35. The molecule has 0 N–H and O–H groups in total. The number of hydrogen-bond donors (Lipinski definition) is 0. The van der Waals surface area contributed by atoms with Gasteiger partial charge in [-0.3, -0.25) is 0 Å². The third-order valence-corrected chi connectivity index (χ3v) is 8.42. The smallest absolute Gasteiger partial charge is 0.0954 e. The van der Waals surface area contributed by atoms with Crippen molar-refractivity contribution < 1.29 is 0 Å². The normalized spacial score (nSPS) is 11.3. The van der Waals surface area contributed by atoms with Gasteiger partial charge in [0.15, 0.2) is 0 Å². The number of rotatable bonds is 7. The monoisotopic (exact) mass is 504 g/mol. The number of thioether (sulfide) groups is 1. The third kappa shape index (κ3) is 4.81. The van der Waals surface area contributed by atoms with Gasteiger partial charge in [0.05, 0.1) is 4.75 Å². The fraction of sp³-hybridized carbons (Fsp3) is 0.0270. The maximum absolute atomic E-state index is 2.34. The zero-order chi connectivity index (χ0) is 25.6. The van der Waals surface area contributed by atoms with Crippen LogP contribution in [0.5, 0.6) is 0 Å². The number of hydrogen-bond acceptors (Lipinski definition) is 1. The van der Waals surface area contributed by atoms with Gasteiger partial charge >= 0.3 is 0 Å². The van der Waals surface area contributed by atoms with Crippen LogP contribution in [0.2, 0.25) is 0 Å². The molecule has 6 rings (SSSR count). The lowest BCUT2D eigenvalue weighted by atomic mass is 9.84. The summed E-state index contributed by atoms with van der Waals surface area (Å²) in [7, 11) is 0. The second kappa shape index (κ2) is 11.0. The molecular formula is C37H28S. The van der Waals surface area contributed by atoms with E-state index in [4.69, 9.17) is 0 Å². The molecule has 38 heavy (non-hydrogen) atoms. The molecule has 0 aliphatic heterocycles. The Morgan fingerprint density at radius 2 is 0.632 bits per heavy atom. The molecule has 182 valence electrons. The van der Waals surface area contributed by atoms with Gasteiger partial charge in [0.2, 0.25) is 0 Å². The topological polar surface area (TPSA) is 0 Å². The first-order chi connectivity index (χ1) is 18.8. The molecule has 0 aliphatic carbocycles. The van der Waals surface area contributed by atoms with Gasteiger partial charge in [-0.25, -0.2) is 0 Å². The molecule has 0 aliphatic rings. The van der Waals surface area contributed by atoms with Crippen molar-refractivity contribution in [1.82, 2.24) is 0 Å². The van der Waals surface area contributed by atoms with Crippen LogP contribution in [-0.2, 0) is 4.75 Å². The molecule has 1 heteroatoms. The van der Waals surface area contributed by atoms with Crippen molar-refractivity contribution in [3.63, 3.8) is 0 Å². The van der Waals surface area contributed by atoms with Gasteiger partial charge in [-0.1, -0.05) is 152 Å². The van der Waals surface area contributed by atoms with Crippen molar-refractivity contribution in [3.05, 3.63) is 187 Å². The Morgan fingerprint density at radius 3 is 0.974 bits per heavy atom. The van der Waals surface area contributed by atoms with E-state index in [1.54, 1.807) is 0 Å². The summed E-state index contributed by atoms with van der Waals surface area (Å²) in [6, 6.07) is 61.1. The summed E-state index contributed by atoms with van der Waals surface area (Å²) in [5.41, 5.74) is 8.65. The minimum Gasteiger partial charge on any atom is -0.105 e. The van der Waals surface area contributed by atoms with E-state index in [1.165, 1.54) is 43.8 Å². The van der Waals surface area contributed by atoms with Gasteiger partial charge in [-0.2, -0.15) is 0 Å². The minimum atomic E-state index is -0.424. The van der Waals surface area contributed by atoms with Crippen LogP contribution in [0.1, 0.15) is 16.7 Å². The molecule has 0 heterocycles.